The van der Waals surface area contributed by atoms with Crippen molar-refractivity contribution in [2.24, 2.45) is 5.73 Å². The predicted octanol–water partition coefficient (Wildman–Crippen LogP) is 1.94. The molecule has 0 aromatic heterocycles. The van der Waals surface area contributed by atoms with Crippen LogP contribution in [-0.2, 0) is 11.3 Å². The van der Waals surface area contributed by atoms with E-state index in [1.54, 1.807) is 12.1 Å². The molecule has 0 atom stereocenters. The number of benzene rings is 1. The summed E-state index contributed by atoms with van der Waals surface area (Å²) in [4.78, 5) is 10.5. The number of rotatable bonds is 6. The van der Waals surface area contributed by atoms with Crippen LogP contribution in [0.2, 0.25) is 0 Å². The van der Waals surface area contributed by atoms with Gasteiger partial charge >= 0.3 is 0 Å². The van der Waals surface area contributed by atoms with Gasteiger partial charge in [-0.25, -0.2) is 4.39 Å². The van der Waals surface area contributed by atoms with E-state index in [-0.39, 0.29) is 11.7 Å². The van der Waals surface area contributed by atoms with Crippen molar-refractivity contribution in [3.8, 4) is 0 Å². The monoisotopic (exact) mass is 288 g/mol. The van der Waals surface area contributed by atoms with Crippen molar-refractivity contribution >= 4 is 21.8 Å². The Kier molecular flexibility index (Phi) is 5.42. The maximum absolute atomic E-state index is 12.9. The van der Waals surface area contributed by atoms with Gasteiger partial charge in [0.2, 0.25) is 5.91 Å². The Morgan fingerprint density at radius 1 is 1.50 bits per heavy atom. The summed E-state index contributed by atoms with van der Waals surface area (Å²) < 4.78 is 13.4. The van der Waals surface area contributed by atoms with Crippen LogP contribution in [0.1, 0.15) is 18.4 Å². The molecule has 3 N–H and O–H groups in total. The molecule has 0 spiro atoms. The molecule has 0 fully saturated rings. The highest BCUT2D eigenvalue weighted by Crippen LogP contribution is 2.16. The van der Waals surface area contributed by atoms with E-state index in [4.69, 9.17) is 5.73 Å². The van der Waals surface area contributed by atoms with Gasteiger partial charge < -0.3 is 11.1 Å². The molecule has 0 bridgehead atoms. The van der Waals surface area contributed by atoms with E-state index < -0.39 is 0 Å². The number of amides is 1. The third-order valence-corrected chi connectivity index (χ3v) is 2.70. The number of primary amides is 1. The highest BCUT2D eigenvalue weighted by atomic mass is 79.9. The van der Waals surface area contributed by atoms with Gasteiger partial charge in [-0.1, -0.05) is 6.07 Å². The fourth-order valence-corrected chi connectivity index (χ4v) is 1.70. The third-order valence-electron chi connectivity index (χ3n) is 2.09. The standard InChI is InChI=1S/C11H14BrFN2O/c12-9-6-8(3-4-10(9)13)7-15-5-1-2-11(14)16/h3-4,6,15H,1-2,5,7H2,(H2,14,16). The van der Waals surface area contributed by atoms with Crippen LogP contribution in [0.4, 0.5) is 4.39 Å². The molecule has 16 heavy (non-hydrogen) atoms. The molecule has 0 heterocycles. The minimum atomic E-state index is -0.286. The molecule has 0 aliphatic rings. The predicted molar refractivity (Wildman–Crippen MR) is 64.2 cm³/mol. The van der Waals surface area contributed by atoms with Gasteiger partial charge in [-0.2, -0.15) is 0 Å². The first-order valence-electron chi connectivity index (χ1n) is 5.02. The largest absolute Gasteiger partial charge is 0.370 e. The van der Waals surface area contributed by atoms with E-state index in [1.165, 1.54) is 6.07 Å². The average molecular weight is 289 g/mol. The minimum Gasteiger partial charge on any atom is -0.370 e. The lowest BCUT2D eigenvalue weighted by Gasteiger charge is -2.05. The minimum absolute atomic E-state index is 0.266. The van der Waals surface area contributed by atoms with Gasteiger partial charge in [-0.3, -0.25) is 4.79 Å². The topological polar surface area (TPSA) is 55.1 Å². The van der Waals surface area contributed by atoms with Crippen molar-refractivity contribution in [1.29, 1.82) is 0 Å². The van der Waals surface area contributed by atoms with Gasteiger partial charge in [0.05, 0.1) is 4.47 Å². The fourth-order valence-electron chi connectivity index (χ4n) is 1.27. The average Bonchev–Trinajstić information content (AvgIpc) is 2.22. The summed E-state index contributed by atoms with van der Waals surface area (Å²) in [5.41, 5.74) is 6.00. The quantitative estimate of drug-likeness (QED) is 0.786. The molecule has 1 rings (SSSR count). The van der Waals surface area contributed by atoms with Crippen molar-refractivity contribution in [1.82, 2.24) is 5.32 Å². The summed E-state index contributed by atoms with van der Waals surface area (Å²) in [7, 11) is 0. The second-order valence-electron chi connectivity index (χ2n) is 3.50. The molecular weight excluding hydrogens is 275 g/mol. The zero-order valence-corrected chi connectivity index (χ0v) is 10.4. The first-order chi connectivity index (χ1) is 7.59. The summed E-state index contributed by atoms with van der Waals surface area (Å²) >= 11 is 3.12. The lowest BCUT2D eigenvalue weighted by Crippen LogP contribution is -2.18. The summed E-state index contributed by atoms with van der Waals surface area (Å²) in [5, 5.41) is 3.15. The Bertz CT molecular complexity index is 371. The van der Waals surface area contributed by atoms with Gasteiger partial charge in [-0.05, 0) is 46.6 Å². The van der Waals surface area contributed by atoms with Gasteiger partial charge in [0.1, 0.15) is 5.82 Å². The number of carbonyl (C=O) groups is 1. The maximum atomic E-state index is 12.9. The second-order valence-corrected chi connectivity index (χ2v) is 4.35. The number of halogens is 2. The molecule has 0 aliphatic carbocycles. The highest BCUT2D eigenvalue weighted by Gasteiger charge is 2.00. The number of hydrogen-bond acceptors (Lipinski definition) is 2. The van der Waals surface area contributed by atoms with E-state index in [2.05, 4.69) is 21.2 Å². The zero-order chi connectivity index (χ0) is 12.0. The van der Waals surface area contributed by atoms with Gasteiger partial charge in [0.25, 0.3) is 0 Å². The van der Waals surface area contributed by atoms with E-state index in [0.29, 0.717) is 17.4 Å². The van der Waals surface area contributed by atoms with Crippen LogP contribution in [0, 0.1) is 5.82 Å². The molecular formula is C11H14BrFN2O. The van der Waals surface area contributed by atoms with Crippen LogP contribution in [0.3, 0.4) is 0 Å². The summed E-state index contributed by atoms with van der Waals surface area (Å²) in [6.45, 7) is 1.37. The number of nitrogens with two attached hydrogens (primary N) is 1. The lowest BCUT2D eigenvalue weighted by atomic mass is 10.2. The Balaban J connectivity index is 2.27. The molecule has 3 nitrogen and oxygen atoms in total. The number of nitrogens with one attached hydrogen (secondary N) is 1. The maximum Gasteiger partial charge on any atom is 0.217 e. The van der Waals surface area contributed by atoms with Crippen LogP contribution in [0.25, 0.3) is 0 Å². The first kappa shape index (κ1) is 13.1. The SMILES string of the molecule is NC(=O)CCCNCc1ccc(F)c(Br)c1. The number of carbonyl (C=O) groups excluding carboxylic acids is 1. The molecule has 0 saturated heterocycles. The molecule has 0 saturated carbocycles. The van der Waals surface area contributed by atoms with Gasteiger partial charge in [-0.15, -0.1) is 0 Å². The van der Waals surface area contributed by atoms with Crippen LogP contribution in [-0.4, -0.2) is 12.5 Å². The molecule has 0 unspecified atom stereocenters. The Hall–Kier alpha value is -0.940. The van der Waals surface area contributed by atoms with Crippen molar-refractivity contribution in [3.05, 3.63) is 34.1 Å². The smallest absolute Gasteiger partial charge is 0.217 e. The van der Waals surface area contributed by atoms with Crippen molar-refractivity contribution in [2.75, 3.05) is 6.54 Å². The Morgan fingerprint density at radius 3 is 2.88 bits per heavy atom. The lowest BCUT2D eigenvalue weighted by molar-refractivity contribution is -0.118. The molecule has 0 radical (unpaired) electrons. The van der Waals surface area contributed by atoms with Crippen molar-refractivity contribution < 1.29 is 9.18 Å². The fraction of sp³-hybridized carbons (Fsp3) is 0.364. The van der Waals surface area contributed by atoms with Crippen LogP contribution in [0.15, 0.2) is 22.7 Å². The number of hydrogen-bond donors (Lipinski definition) is 2. The normalized spacial score (nSPS) is 10.4. The van der Waals surface area contributed by atoms with E-state index >= 15 is 0 Å². The first-order valence-corrected chi connectivity index (χ1v) is 5.82. The Labute approximate surface area is 102 Å². The van der Waals surface area contributed by atoms with Crippen molar-refractivity contribution in [3.63, 3.8) is 0 Å². The molecule has 1 aromatic rings. The third kappa shape index (κ3) is 4.72. The molecule has 1 aromatic carbocycles. The summed E-state index contributed by atoms with van der Waals surface area (Å²) in [6.07, 6.45) is 1.11. The van der Waals surface area contributed by atoms with Gasteiger partial charge in [0, 0.05) is 13.0 Å². The van der Waals surface area contributed by atoms with E-state index in [9.17, 15) is 9.18 Å². The van der Waals surface area contributed by atoms with Crippen LogP contribution < -0.4 is 11.1 Å². The second kappa shape index (κ2) is 6.60. The Morgan fingerprint density at radius 2 is 2.25 bits per heavy atom. The zero-order valence-electron chi connectivity index (χ0n) is 8.80. The molecule has 1 amide bonds. The molecule has 5 heteroatoms. The summed E-state index contributed by atoms with van der Waals surface area (Å²) in [5.74, 6) is -0.552. The van der Waals surface area contributed by atoms with Crippen molar-refractivity contribution in [2.45, 2.75) is 19.4 Å². The van der Waals surface area contributed by atoms with Gasteiger partial charge in [0.15, 0.2) is 0 Å². The van der Waals surface area contributed by atoms with Crippen LogP contribution >= 0.6 is 15.9 Å². The molecule has 0 aliphatic heterocycles. The summed E-state index contributed by atoms with van der Waals surface area (Å²) in [6, 6.07) is 4.88. The van der Waals surface area contributed by atoms with E-state index in [0.717, 1.165) is 18.5 Å². The van der Waals surface area contributed by atoms with Crippen LogP contribution in [0.5, 0.6) is 0 Å². The molecule has 88 valence electrons. The highest BCUT2D eigenvalue weighted by molar-refractivity contribution is 9.10. The van der Waals surface area contributed by atoms with E-state index in [1.807, 2.05) is 0 Å².